The van der Waals surface area contributed by atoms with Crippen LogP contribution in [0.25, 0.3) is 0 Å². The van der Waals surface area contributed by atoms with Gasteiger partial charge in [-0.15, -0.1) is 0 Å². The van der Waals surface area contributed by atoms with Gasteiger partial charge in [0.1, 0.15) is 5.75 Å². The number of carbonyl (C=O) groups excluding carboxylic acids is 2. The molecule has 1 aromatic carbocycles. The Hall–Kier alpha value is -2.64. The van der Waals surface area contributed by atoms with Crippen LogP contribution in [-0.4, -0.2) is 72.6 Å². The van der Waals surface area contributed by atoms with Gasteiger partial charge in [-0.05, 0) is 55.7 Å². The minimum Gasteiger partial charge on any atom is -0.493 e. The number of carbonyl (C=O) groups is 2. The van der Waals surface area contributed by atoms with Crippen LogP contribution in [0, 0.1) is 12.3 Å². The normalized spacial score (nSPS) is 18.1. The SMILES string of the molecule is Cc1cncc(C(=O)N2CCC(COc3ccc(Cl)cc3)(CC(=O)N3CCOCC3)CC2)c1. The summed E-state index contributed by atoms with van der Waals surface area (Å²) in [4.78, 5) is 34.0. The number of rotatable bonds is 6. The second kappa shape index (κ2) is 10.5. The number of ether oxygens (including phenoxy) is 2. The number of benzene rings is 1. The summed E-state index contributed by atoms with van der Waals surface area (Å²) in [5.41, 5.74) is 1.22. The van der Waals surface area contributed by atoms with E-state index < -0.39 is 0 Å². The molecule has 0 radical (unpaired) electrons. The molecule has 0 N–H and O–H groups in total. The molecule has 0 spiro atoms. The lowest BCUT2D eigenvalue weighted by molar-refractivity contribution is -0.139. The molecule has 176 valence electrons. The molecular weight excluding hydrogens is 442 g/mol. The van der Waals surface area contributed by atoms with E-state index in [0.29, 0.717) is 75.8 Å². The lowest BCUT2D eigenvalue weighted by Crippen LogP contribution is -2.49. The number of amides is 2. The van der Waals surface area contributed by atoms with Crippen LogP contribution in [0.3, 0.4) is 0 Å². The van der Waals surface area contributed by atoms with E-state index in [4.69, 9.17) is 21.1 Å². The second-order valence-corrected chi connectivity index (χ2v) is 9.39. The van der Waals surface area contributed by atoms with E-state index >= 15 is 0 Å². The van der Waals surface area contributed by atoms with E-state index in [0.717, 1.165) is 11.3 Å². The number of nitrogens with zero attached hydrogens (tertiary/aromatic N) is 3. The number of hydrogen-bond acceptors (Lipinski definition) is 5. The first-order valence-corrected chi connectivity index (χ1v) is 11.8. The van der Waals surface area contributed by atoms with Crippen molar-refractivity contribution in [3.8, 4) is 5.75 Å². The van der Waals surface area contributed by atoms with Crippen LogP contribution in [0.4, 0.5) is 0 Å². The number of likely N-dealkylation sites (tertiary alicyclic amines) is 1. The van der Waals surface area contributed by atoms with Crippen LogP contribution in [0.5, 0.6) is 5.75 Å². The molecule has 33 heavy (non-hydrogen) atoms. The highest BCUT2D eigenvalue weighted by atomic mass is 35.5. The van der Waals surface area contributed by atoms with Gasteiger partial charge in [-0.2, -0.15) is 0 Å². The number of pyridine rings is 1. The number of morpholine rings is 1. The molecule has 7 nitrogen and oxygen atoms in total. The fraction of sp³-hybridized carbons (Fsp3) is 0.480. The van der Waals surface area contributed by atoms with E-state index in [9.17, 15) is 9.59 Å². The van der Waals surface area contributed by atoms with Crippen LogP contribution in [0.1, 0.15) is 35.2 Å². The number of aryl methyl sites for hydroxylation is 1. The first-order chi connectivity index (χ1) is 15.9. The minimum atomic E-state index is -0.337. The smallest absolute Gasteiger partial charge is 0.255 e. The van der Waals surface area contributed by atoms with Crippen LogP contribution < -0.4 is 4.74 Å². The molecule has 4 rings (SSSR count). The van der Waals surface area contributed by atoms with Gasteiger partial charge in [0.25, 0.3) is 5.91 Å². The molecule has 2 saturated heterocycles. The zero-order valence-corrected chi connectivity index (χ0v) is 19.7. The summed E-state index contributed by atoms with van der Waals surface area (Å²) in [6.07, 6.45) is 5.14. The zero-order chi connectivity index (χ0) is 23.3. The molecule has 0 aliphatic carbocycles. The van der Waals surface area contributed by atoms with E-state index in [-0.39, 0.29) is 17.2 Å². The summed E-state index contributed by atoms with van der Waals surface area (Å²) in [7, 11) is 0. The predicted octanol–water partition coefficient (Wildman–Crippen LogP) is 3.59. The van der Waals surface area contributed by atoms with Crippen molar-refractivity contribution in [3.05, 3.63) is 58.9 Å². The third kappa shape index (κ3) is 6.03. The average Bonchev–Trinajstić information content (AvgIpc) is 2.84. The Labute approximate surface area is 199 Å². The highest BCUT2D eigenvalue weighted by Gasteiger charge is 2.40. The monoisotopic (exact) mass is 471 g/mol. The maximum absolute atomic E-state index is 13.1. The summed E-state index contributed by atoms with van der Waals surface area (Å²) < 4.78 is 11.5. The molecular formula is C25H30ClN3O4. The fourth-order valence-corrected chi connectivity index (χ4v) is 4.55. The van der Waals surface area contributed by atoms with Gasteiger partial charge in [-0.1, -0.05) is 11.6 Å². The maximum Gasteiger partial charge on any atom is 0.255 e. The third-order valence-corrected chi connectivity index (χ3v) is 6.73. The van der Waals surface area contributed by atoms with Crippen LogP contribution in [0.2, 0.25) is 5.02 Å². The van der Waals surface area contributed by atoms with Crippen molar-refractivity contribution >= 4 is 23.4 Å². The largest absolute Gasteiger partial charge is 0.493 e. The van der Waals surface area contributed by atoms with Gasteiger partial charge in [-0.3, -0.25) is 14.6 Å². The van der Waals surface area contributed by atoms with Crippen LogP contribution in [-0.2, 0) is 9.53 Å². The van der Waals surface area contributed by atoms with E-state index in [1.807, 2.05) is 34.9 Å². The number of halogens is 1. The van der Waals surface area contributed by atoms with Gasteiger partial charge >= 0.3 is 0 Å². The molecule has 0 atom stereocenters. The van der Waals surface area contributed by atoms with Gasteiger partial charge in [0.2, 0.25) is 5.91 Å². The van der Waals surface area contributed by atoms with Crippen LogP contribution in [0.15, 0.2) is 42.7 Å². The lowest BCUT2D eigenvalue weighted by atomic mass is 9.75. The second-order valence-electron chi connectivity index (χ2n) is 8.96. The van der Waals surface area contributed by atoms with Gasteiger partial charge in [0, 0.05) is 55.4 Å². The molecule has 0 saturated carbocycles. The molecule has 2 aliphatic heterocycles. The van der Waals surface area contributed by atoms with Crippen LogP contribution >= 0.6 is 11.6 Å². The molecule has 2 aliphatic rings. The lowest BCUT2D eigenvalue weighted by Gasteiger charge is -2.42. The predicted molar refractivity (Wildman–Crippen MR) is 126 cm³/mol. The Morgan fingerprint density at radius 2 is 1.76 bits per heavy atom. The topological polar surface area (TPSA) is 72.0 Å². The van der Waals surface area contributed by atoms with Crippen molar-refractivity contribution in [3.63, 3.8) is 0 Å². The van der Waals surface area contributed by atoms with Crippen molar-refractivity contribution in [1.29, 1.82) is 0 Å². The van der Waals surface area contributed by atoms with E-state index in [1.54, 1.807) is 24.5 Å². The minimum absolute atomic E-state index is 0.0158. The van der Waals surface area contributed by atoms with Gasteiger partial charge in [0.15, 0.2) is 0 Å². The van der Waals surface area contributed by atoms with Crippen molar-refractivity contribution in [2.45, 2.75) is 26.2 Å². The summed E-state index contributed by atoms with van der Waals surface area (Å²) in [5.74, 6) is 0.834. The summed E-state index contributed by atoms with van der Waals surface area (Å²) in [6, 6.07) is 9.12. The Bertz CT molecular complexity index is 968. The maximum atomic E-state index is 13.1. The van der Waals surface area contributed by atoms with Crippen molar-refractivity contribution in [2.24, 2.45) is 5.41 Å². The van der Waals surface area contributed by atoms with Gasteiger partial charge < -0.3 is 19.3 Å². The molecule has 1 aromatic heterocycles. The van der Waals surface area contributed by atoms with E-state index in [1.165, 1.54) is 0 Å². The third-order valence-electron chi connectivity index (χ3n) is 6.48. The van der Waals surface area contributed by atoms with Crippen molar-refractivity contribution in [2.75, 3.05) is 46.0 Å². The summed E-state index contributed by atoms with van der Waals surface area (Å²) >= 11 is 5.99. The van der Waals surface area contributed by atoms with E-state index in [2.05, 4.69) is 4.98 Å². The molecule has 2 aromatic rings. The van der Waals surface area contributed by atoms with Gasteiger partial charge in [0.05, 0.1) is 25.4 Å². The average molecular weight is 472 g/mol. The van der Waals surface area contributed by atoms with Crippen molar-refractivity contribution < 1.29 is 19.1 Å². The standard InChI is InChI=1S/C25H30ClN3O4/c1-19-14-20(17-27-16-19)24(31)29-8-6-25(7-9-29,15-23(30)28-10-12-32-13-11-28)18-33-22-4-2-21(26)3-5-22/h2-5,14,16-17H,6-13,15,18H2,1H3. The molecule has 0 bridgehead atoms. The Balaban J connectivity index is 1.45. The first kappa shape index (κ1) is 23.5. The Morgan fingerprint density at radius 1 is 1.06 bits per heavy atom. The number of aromatic nitrogens is 1. The molecule has 3 heterocycles. The van der Waals surface area contributed by atoms with Gasteiger partial charge in [-0.25, -0.2) is 0 Å². The molecule has 0 unspecified atom stereocenters. The molecule has 2 fully saturated rings. The number of hydrogen-bond donors (Lipinski definition) is 0. The Kier molecular flexibility index (Phi) is 7.50. The molecule has 8 heteroatoms. The quantitative estimate of drug-likeness (QED) is 0.643. The first-order valence-electron chi connectivity index (χ1n) is 11.4. The highest BCUT2D eigenvalue weighted by Crippen LogP contribution is 2.37. The Morgan fingerprint density at radius 3 is 2.42 bits per heavy atom. The number of piperidine rings is 1. The highest BCUT2D eigenvalue weighted by molar-refractivity contribution is 6.30. The zero-order valence-electron chi connectivity index (χ0n) is 19.0. The summed E-state index contributed by atoms with van der Waals surface area (Å²) in [5, 5.41) is 0.650. The summed E-state index contributed by atoms with van der Waals surface area (Å²) in [6.45, 7) is 5.89. The molecule has 2 amide bonds. The fourth-order valence-electron chi connectivity index (χ4n) is 4.42. The van der Waals surface area contributed by atoms with Crippen molar-refractivity contribution in [1.82, 2.24) is 14.8 Å².